The number of benzene rings is 1. The summed E-state index contributed by atoms with van der Waals surface area (Å²) >= 11 is 0. The van der Waals surface area contributed by atoms with Crippen LogP contribution in [0.2, 0.25) is 0 Å². The van der Waals surface area contributed by atoms with E-state index in [9.17, 15) is 4.79 Å². The molecule has 10 heteroatoms. The number of pyridine rings is 1. The Morgan fingerprint density at radius 3 is 2.69 bits per heavy atom. The third kappa shape index (κ3) is 4.71. The molecule has 0 radical (unpaired) electrons. The summed E-state index contributed by atoms with van der Waals surface area (Å²) in [6.07, 6.45) is 3.06. The molecule has 1 N–H and O–H groups in total. The number of aromatic amines is 1. The number of nitrogens with one attached hydrogen (secondary N) is 1. The minimum atomic E-state index is -0.232. The van der Waals surface area contributed by atoms with Gasteiger partial charge in [0.05, 0.1) is 23.2 Å². The van der Waals surface area contributed by atoms with E-state index in [-0.39, 0.29) is 36.0 Å². The summed E-state index contributed by atoms with van der Waals surface area (Å²) in [7, 11) is 0. The van der Waals surface area contributed by atoms with E-state index in [0.29, 0.717) is 30.2 Å². The van der Waals surface area contributed by atoms with Crippen LogP contribution < -0.4 is 15.0 Å². The second-order valence-electron chi connectivity index (χ2n) is 10.8. The summed E-state index contributed by atoms with van der Waals surface area (Å²) in [5.74, 6) is 2.36. The molecular weight excluding hydrogens is 460 g/mol. The van der Waals surface area contributed by atoms with Crippen molar-refractivity contribution in [3.05, 3.63) is 39.9 Å². The Labute approximate surface area is 210 Å². The van der Waals surface area contributed by atoms with Gasteiger partial charge in [0.2, 0.25) is 6.79 Å². The second-order valence-corrected chi connectivity index (χ2v) is 10.8. The first-order chi connectivity index (χ1) is 17.3. The van der Waals surface area contributed by atoms with Gasteiger partial charge in [0.1, 0.15) is 0 Å². The van der Waals surface area contributed by atoms with E-state index >= 15 is 0 Å². The van der Waals surface area contributed by atoms with Gasteiger partial charge in [-0.1, -0.05) is 20.8 Å². The number of H-pyrrole nitrogens is 1. The van der Waals surface area contributed by atoms with Gasteiger partial charge in [0.15, 0.2) is 17.3 Å². The first-order valence-corrected chi connectivity index (χ1v) is 12.9. The van der Waals surface area contributed by atoms with Gasteiger partial charge in [-0.05, 0) is 61.6 Å². The number of nitrogens with zero attached hydrogens (tertiary/aromatic N) is 5. The highest BCUT2D eigenvalue weighted by molar-refractivity contribution is 5.83. The highest BCUT2D eigenvalue weighted by Crippen LogP contribution is 2.36. The van der Waals surface area contributed by atoms with E-state index in [1.54, 1.807) is 0 Å². The predicted octanol–water partition coefficient (Wildman–Crippen LogP) is 3.77. The van der Waals surface area contributed by atoms with Crippen molar-refractivity contribution >= 4 is 10.9 Å². The van der Waals surface area contributed by atoms with Gasteiger partial charge in [-0.25, -0.2) is 4.68 Å². The van der Waals surface area contributed by atoms with Crippen LogP contribution in [0.25, 0.3) is 10.9 Å². The number of fused-ring (bicyclic) bond motifs is 2. The fourth-order valence-corrected chi connectivity index (χ4v) is 5.15. The Balaban J connectivity index is 1.54. The van der Waals surface area contributed by atoms with Crippen LogP contribution in [0.3, 0.4) is 0 Å². The van der Waals surface area contributed by atoms with Crippen LogP contribution in [0.5, 0.6) is 11.5 Å². The number of hydrogen-bond acceptors (Lipinski definition) is 8. The van der Waals surface area contributed by atoms with Gasteiger partial charge in [-0.2, -0.15) is 0 Å². The molecule has 2 aromatic heterocycles. The minimum absolute atomic E-state index is 0.0955. The Bertz CT molecular complexity index is 1280. The van der Waals surface area contributed by atoms with Crippen molar-refractivity contribution < 1.29 is 14.2 Å². The maximum atomic E-state index is 13.2. The summed E-state index contributed by atoms with van der Waals surface area (Å²) in [5.41, 5.74) is 1.06. The zero-order valence-electron chi connectivity index (χ0n) is 21.8. The quantitative estimate of drug-likeness (QED) is 0.477. The maximum absolute atomic E-state index is 13.2. The normalized spacial score (nSPS) is 18.6. The first kappa shape index (κ1) is 24.7. The predicted molar refractivity (Wildman–Crippen MR) is 135 cm³/mol. The zero-order valence-corrected chi connectivity index (χ0v) is 21.8. The lowest BCUT2D eigenvalue weighted by Crippen LogP contribution is -2.41. The van der Waals surface area contributed by atoms with Crippen LogP contribution >= 0.6 is 0 Å². The number of hydrogen-bond donors (Lipinski definition) is 1. The lowest BCUT2D eigenvalue weighted by atomic mass is 9.97. The molecule has 36 heavy (non-hydrogen) atoms. The third-order valence-electron chi connectivity index (χ3n) is 7.47. The average Bonchev–Trinajstić information content (AvgIpc) is 3.60. The minimum Gasteiger partial charge on any atom is -0.454 e. The number of ether oxygens (including phenoxy) is 3. The van der Waals surface area contributed by atoms with Crippen molar-refractivity contribution in [1.82, 2.24) is 30.1 Å². The summed E-state index contributed by atoms with van der Waals surface area (Å²) in [4.78, 5) is 18.6. The van der Waals surface area contributed by atoms with Gasteiger partial charge in [0.25, 0.3) is 5.56 Å². The Hall–Kier alpha value is -2.98. The van der Waals surface area contributed by atoms with Gasteiger partial charge in [-0.3, -0.25) is 9.69 Å². The lowest BCUT2D eigenvalue weighted by molar-refractivity contribution is 0.0368. The van der Waals surface area contributed by atoms with Gasteiger partial charge >= 0.3 is 0 Å². The summed E-state index contributed by atoms with van der Waals surface area (Å²) in [5, 5.41) is 13.9. The van der Waals surface area contributed by atoms with Crippen LogP contribution in [-0.4, -0.2) is 56.1 Å². The highest BCUT2D eigenvalue weighted by Gasteiger charge is 2.35. The van der Waals surface area contributed by atoms with Crippen molar-refractivity contribution in [2.24, 2.45) is 5.92 Å². The van der Waals surface area contributed by atoms with Crippen molar-refractivity contribution in [2.45, 2.75) is 78.1 Å². The molecule has 2 aliphatic rings. The first-order valence-electron chi connectivity index (χ1n) is 12.9. The number of tetrazole rings is 1. The molecular formula is C26H36N6O4. The van der Waals surface area contributed by atoms with Crippen LogP contribution in [0.4, 0.5) is 0 Å². The summed E-state index contributed by atoms with van der Waals surface area (Å²) in [6, 6.07) is 5.60. The monoisotopic (exact) mass is 496 g/mol. The molecule has 10 nitrogen and oxygen atoms in total. The molecule has 0 aliphatic carbocycles. The van der Waals surface area contributed by atoms with Gasteiger partial charge < -0.3 is 19.2 Å². The molecule has 1 saturated heterocycles. The van der Waals surface area contributed by atoms with Crippen molar-refractivity contribution in [3.63, 3.8) is 0 Å². The second kappa shape index (κ2) is 9.82. The molecule has 0 saturated carbocycles. The molecule has 0 amide bonds. The van der Waals surface area contributed by atoms with E-state index in [0.717, 1.165) is 42.6 Å². The van der Waals surface area contributed by atoms with E-state index < -0.39 is 0 Å². The molecule has 3 aromatic rings. The zero-order chi connectivity index (χ0) is 25.4. The average molecular weight is 497 g/mol. The lowest BCUT2D eigenvalue weighted by Gasteiger charge is -2.36. The fraction of sp³-hybridized carbons (Fsp3) is 0.615. The van der Waals surface area contributed by atoms with E-state index in [1.807, 2.05) is 22.9 Å². The molecule has 4 heterocycles. The van der Waals surface area contributed by atoms with Crippen LogP contribution in [-0.2, 0) is 16.8 Å². The molecule has 0 unspecified atom stereocenters. The summed E-state index contributed by atoms with van der Waals surface area (Å²) < 4.78 is 19.0. The smallest absolute Gasteiger partial charge is 0.252 e. The van der Waals surface area contributed by atoms with E-state index in [1.165, 1.54) is 0 Å². The molecule has 5 rings (SSSR count). The van der Waals surface area contributed by atoms with Crippen molar-refractivity contribution in [1.29, 1.82) is 0 Å². The van der Waals surface area contributed by atoms with Crippen molar-refractivity contribution in [3.8, 4) is 11.5 Å². The highest BCUT2D eigenvalue weighted by atomic mass is 16.7. The molecule has 1 fully saturated rings. The Kier molecular flexibility index (Phi) is 6.74. The number of rotatable bonds is 9. The van der Waals surface area contributed by atoms with E-state index in [4.69, 9.17) is 14.2 Å². The molecule has 194 valence electrons. The topological polar surface area (TPSA) is 107 Å². The third-order valence-corrected chi connectivity index (χ3v) is 7.47. The van der Waals surface area contributed by atoms with Gasteiger partial charge in [0, 0.05) is 36.7 Å². The fourth-order valence-electron chi connectivity index (χ4n) is 5.15. The largest absolute Gasteiger partial charge is 0.454 e. The summed E-state index contributed by atoms with van der Waals surface area (Å²) in [6.45, 7) is 12.9. The molecule has 0 spiro atoms. The maximum Gasteiger partial charge on any atom is 0.252 e. The molecule has 2 atom stereocenters. The molecule has 2 aliphatic heterocycles. The standard InChI is InChI=1S/C26H36N6O4/c1-6-26(4,5)32-24(28-29-30-32)23(16(2)3)31(14-19-8-7-9-34-19)13-18-10-17-11-21-22(36-15-35-21)12-20(17)27-25(18)33/h10-12,16,19,23H,6-9,13-15H2,1-5H3,(H,27,33)/t19-,23-/m1/s1. The van der Waals surface area contributed by atoms with Crippen molar-refractivity contribution in [2.75, 3.05) is 19.9 Å². The molecule has 1 aromatic carbocycles. The van der Waals surface area contributed by atoms with Crippen LogP contribution in [0.15, 0.2) is 23.0 Å². The number of aromatic nitrogens is 5. The Morgan fingerprint density at radius 1 is 1.22 bits per heavy atom. The Morgan fingerprint density at radius 2 is 2.00 bits per heavy atom. The van der Waals surface area contributed by atoms with Crippen LogP contribution in [0.1, 0.15) is 71.3 Å². The SMILES string of the molecule is CCC(C)(C)n1nnnc1[C@@H](C(C)C)N(Cc1cc2cc3c(cc2[nH]c1=O)OCO3)C[C@H]1CCCO1. The van der Waals surface area contributed by atoms with E-state index in [2.05, 4.69) is 60.0 Å². The molecule has 0 bridgehead atoms. The van der Waals surface area contributed by atoms with Crippen LogP contribution in [0, 0.1) is 5.92 Å². The van der Waals surface area contributed by atoms with Gasteiger partial charge in [-0.15, -0.1) is 5.10 Å².